The standard InChI is InChI=1S/C25H38N4O6S2/c1-5-14-8-7-9-25-12-17(14)29(3)13-18(25)26-23(37-25)21(32)27-22-16(20(31)28-24(33)35-6-2)10-15(36-22)11-19(30)34-4/h14-17,22-23H,5-13H2,1-4H3,(H,27,32)(H,28,31,33). The number of piperidine rings is 1. The molecule has 7 unspecified atom stereocenters. The fourth-order valence-corrected chi connectivity index (χ4v) is 9.28. The number of aliphatic imine (C=N–C) groups is 1. The Bertz CT molecular complexity index is 948. The molecular formula is C25H38N4O6S2. The van der Waals surface area contributed by atoms with E-state index in [4.69, 9.17) is 14.5 Å². The summed E-state index contributed by atoms with van der Waals surface area (Å²) in [4.78, 5) is 57.4. The fourth-order valence-electron chi connectivity index (χ4n) is 6.14. The van der Waals surface area contributed by atoms with Crippen LogP contribution in [0.3, 0.4) is 0 Å². The van der Waals surface area contributed by atoms with Gasteiger partial charge in [0.15, 0.2) is 5.37 Å². The van der Waals surface area contributed by atoms with Crippen LogP contribution in [0.4, 0.5) is 4.79 Å². The summed E-state index contributed by atoms with van der Waals surface area (Å²) in [5, 5.41) is 3.89. The number of amides is 3. The topological polar surface area (TPSA) is 126 Å². The van der Waals surface area contributed by atoms with Gasteiger partial charge in [0.25, 0.3) is 5.91 Å². The number of likely N-dealkylation sites (tertiary alicyclic amines) is 1. The Morgan fingerprint density at radius 3 is 2.70 bits per heavy atom. The lowest BCUT2D eigenvalue weighted by molar-refractivity contribution is -0.140. The summed E-state index contributed by atoms with van der Waals surface area (Å²) in [6, 6.07) is 0.501. The van der Waals surface area contributed by atoms with Crippen molar-refractivity contribution in [2.24, 2.45) is 16.8 Å². The zero-order valence-electron chi connectivity index (χ0n) is 22.0. The Hall–Kier alpha value is -1.79. The van der Waals surface area contributed by atoms with Crippen LogP contribution in [-0.2, 0) is 23.9 Å². The first-order chi connectivity index (χ1) is 17.7. The second-order valence-electron chi connectivity index (χ2n) is 10.3. The number of fused-ring (bicyclic) bond motifs is 1. The maximum atomic E-state index is 13.5. The van der Waals surface area contributed by atoms with Crippen LogP contribution in [0.25, 0.3) is 0 Å². The van der Waals surface area contributed by atoms with Gasteiger partial charge in [-0.15, -0.1) is 23.5 Å². The number of methoxy groups -OCH3 is 1. The summed E-state index contributed by atoms with van der Waals surface area (Å²) in [6.45, 7) is 4.83. The molecular weight excluding hydrogens is 516 g/mol. The molecule has 12 heteroatoms. The minimum atomic E-state index is -0.822. The highest BCUT2D eigenvalue weighted by atomic mass is 32.2. The van der Waals surface area contributed by atoms with Crippen molar-refractivity contribution in [2.45, 2.75) is 85.6 Å². The van der Waals surface area contributed by atoms with E-state index in [9.17, 15) is 19.2 Å². The van der Waals surface area contributed by atoms with Crippen molar-refractivity contribution >= 4 is 53.1 Å². The van der Waals surface area contributed by atoms with E-state index in [0.717, 1.165) is 37.9 Å². The highest BCUT2D eigenvalue weighted by molar-refractivity contribution is 8.03. The van der Waals surface area contributed by atoms with Gasteiger partial charge in [-0.1, -0.05) is 19.8 Å². The van der Waals surface area contributed by atoms with Crippen molar-refractivity contribution in [3.8, 4) is 0 Å². The minimum Gasteiger partial charge on any atom is -0.469 e. The van der Waals surface area contributed by atoms with Gasteiger partial charge in [0.2, 0.25) is 5.91 Å². The van der Waals surface area contributed by atoms with E-state index in [1.165, 1.54) is 25.3 Å². The van der Waals surface area contributed by atoms with Crippen molar-refractivity contribution in [1.82, 2.24) is 15.5 Å². The quantitative estimate of drug-likeness (QED) is 0.457. The summed E-state index contributed by atoms with van der Waals surface area (Å²) < 4.78 is 9.53. The third-order valence-corrected chi connectivity index (χ3v) is 11.1. The number of carbonyl (C=O) groups is 4. The molecule has 0 aromatic carbocycles. The normalized spacial score (nSPS) is 35.1. The highest BCUT2D eigenvalue weighted by Crippen LogP contribution is 2.52. The van der Waals surface area contributed by atoms with Gasteiger partial charge in [-0.05, 0) is 45.6 Å². The lowest BCUT2D eigenvalue weighted by Gasteiger charge is -2.44. The van der Waals surface area contributed by atoms with Crippen molar-refractivity contribution in [3.05, 3.63) is 0 Å². The molecule has 3 heterocycles. The molecule has 3 amide bonds. The summed E-state index contributed by atoms with van der Waals surface area (Å²) in [6.07, 6.45) is 5.17. The molecule has 2 saturated heterocycles. The number of nitrogens with zero attached hydrogens (tertiary/aromatic N) is 2. The van der Waals surface area contributed by atoms with Crippen LogP contribution in [0, 0.1) is 11.8 Å². The Morgan fingerprint density at radius 1 is 1.22 bits per heavy atom. The van der Waals surface area contributed by atoms with Gasteiger partial charge in [0, 0.05) is 23.5 Å². The predicted octanol–water partition coefficient (Wildman–Crippen LogP) is 2.55. The van der Waals surface area contributed by atoms with E-state index in [1.807, 2.05) is 0 Å². The van der Waals surface area contributed by atoms with E-state index < -0.39 is 28.7 Å². The Morgan fingerprint density at radius 2 is 2.00 bits per heavy atom. The van der Waals surface area contributed by atoms with Gasteiger partial charge in [-0.2, -0.15) is 0 Å². The molecule has 0 aromatic heterocycles. The smallest absolute Gasteiger partial charge is 0.413 e. The summed E-state index contributed by atoms with van der Waals surface area (Å²) >= 11 is 3.01. The lowest BCUT2D eigenvalue weighted by Crippen LogP contribution is -2.54. The van der Waals surface area contributed by atoms with Gasteiger partial charge in [0.05, 0.1) is 36.2 Å². The molecule has 206 valence electrons. The van der Waals surface area contributed by atoms with Crippen molar-refractivity contribution in [3.63, 3.8) is 0 Å². The first-order valence-electron chi connectivity index (χ1n) is 13.1. The third-order valence-electron chi connectivity index (χ3n) is 8.05. The monoisotopic (exact) mass is 554 g/mol. The maximum Gasteiger partial charge on any atom is 0.413 e. The number of alkyl carbamates (subject to hydrolysis) is 1. The molecule has 37 heavy (non-hydrogen) atoms. The summed E-state index contributed by atoms with van der Waals surface area (Å²) in [5.74, 6) is -1.17. The van der Waals surface area contributed by atoms with Gasteiger partial charge in [0.1, 0.15) is 0 Å². The number of rotatable bonds is 7. The molecule has 4 rings (SSSR count). The van der Waals surface area contributed by atoms with Gasteiger partial charge in [-0.3, -0.25) is 29.6 Å². The zero-order valence-corrected chi connectivity index (χ0v) is 23.6. The average molecular weight is 555 g/mol. The fraction of sp³-hybridized carbons (Fsp3) is 0.800. The molecule has 1 spiro atoms. The molecule has 3 aliphatic heterocycles. The van der Waals surface area contributed by atoms with Crippen molar-refractivity contribution < 1.29 is 28.7 Å². The molecule has 0 radical (unpaired) electrons. The molecule has 7 atom stereocenters. The first-order valence-corrected chi connectivity index (χ1v) is 15.0. The number of esters is 1. The number of hydrogen-bond donors (Lipinski definition) is 2. The molecule has 2 N–H and O–H groups in total. The molecule has 3 fully saturated rings. The largest absolute Gasteiger partial charge is 0.469 e. The maximum absolute atomic E-state index is 13.5. The molecule has 0 aromatic rings. The van der Waals surface area contributed by atoms with Crippen LogP contribution < -0.4 is 10.6 Å². The number of nitrogens with one attached hydrogen (secondary N) is 2. The van der Waals surface area contributed by atoms with E-state index >= 15 is 0 Å². The highest BCUT2D eigenvalue weighted by Gasteiger charge is 2.53. The number of hydrogen-bond acceptors (Lipinski definition) is 10. The molecule has 1 saturated carbocycles. The van der Waals surface area contributed by atoms with E-state index in [-0.39, 0.29) is 34.9 Å². The van der Waals surface area contributed by atoms with Crippen molar-refractivity contribution in [1.29, 1.82) is 0 Å². The number of carbonyl (C=O) groups excluding carboxylic acids is 4. The first kappa shape index (κ1) is 28.2. The minimum absolute atomic E-state index is 0.0972. The number of imide groups is 1. The molecule has 10 nitrogen and oxygen atoms in total. The summed E-state index contributed by atoms with van der Waals surface area (Å²) in [5.41, 5.74) is 1.10. The van der Waals surface area contributed by atoms with Crippen LogP contribution in [0.1, 0.15) is 58.8 Å². The average Bonchev–Trinajstić information content (AvgIpc) is 3.37. The van der Waals surface area contributed by atoms with E-state index in [2.05, 4.69) is 29.5 Å². The van der Waals surface area contributed by atoms with E-state index in [1.54, 1.807) is 18.7 Å². The van der Waals surface area contributed by atoms with E-state index in [0.29, 0.717) is 18.4 Å². The number of thioether (sulfide) groups is 2. The van der Waals surface area contributed by atoms with Gasteiger partial charge < -0.3 is 14.8 Å². The second-order valence-corrected chi connectivity index (χ2v) is 13.2. The zero-order chi connectivity index (χ0) is 26.7. The van der Waals surface area contributed by atoms with Crippen LogP contribution in [0.5, 0.6) is 0 Å². The van der Waals surface area contributed by atoms with Gasteiger partial charge in [-0.25, -0.2) is 4.79 Å². The molecule has 2 bridgehead atoms. The molecule has 4 aliphatic rings. The molecule has 1 aliphatic carbocycles. The Labute approximate surface area is 226 Å². The second kappa shape index (κ2) is 11.9. The Kier molecular flexibility index (Phi) is 9.11. The summed E-state index contributed by atoms with van der Waals surface area (Å²) in [7, 11) is 3.48. The van der Waals surface area contributed by atoms with Crippen LogP contribution >= 0.6 is 23.5 Å². The predicted molar refractivity (Wildman–Crippen MR) is 143 cm³/mol. The van der Waals surface area contributed by atoms with Crippen LogP contribution in [0.2, 0.25) is 0 Å². The van der Waals surface area contributed by atoms with Gasteiger partial charge >= 0.3 is 12.1 Å². The number of ether oxygens (including phenoxy) is 2. The Balaban J connectivity index is 1.46. The van der Waals surface area contributed by atoms with Crippen LogP contribution in [-0.4, -0.2) is 88.6 Å². The lowest BCUT2D eigenvalue weighted by atomic mass is 9.83. The van der Waals surface area contributed by atoms with Crippen molar-refractivity contribution in [2.75, 3.05) is 27.3 Å². The SMILES string of the molecule is CCOC(=O)NC(=O)C1CC(CC(=O)OC)SC1NC(=O)C1N=C2CN(C)C3CC2(CCCC3CC)S1. The third kappa shape index (κ3) is 6.11. The van der Waals surface area contributed by atoms with Crippen LogP contribution in [0.15, 0.2) is 4.99 Å².